The van der Waals surface area contributed by atoms with Crippen LogP contribution in [0, 0.1) is 36.6 Å². The number of nitrogens with zero attached hydrogens (tertiary/aromatic N) is 2. The molecule has 0 aromatic rings. The molecule has 4 saturated carbocycles. The van der Waals surface area contributed by atoms with Gasteiger partial charge in [0.05, 0.1) is 12.0 Å². The van der Waals surface area contributed by atoms with Crippen molar-refractivity contribution in [3.05, 3.63) is 18.8 Å². The number of fused-ring (bicyclic) bond motifs is 2. The van der Waals surface area contributed by atoms with Gasteiger partial charge in [-0.25, -0.2) is 0 Å². The topological polar surface area (TPSA) is 44.8 Å². The van der Waals surface area contributed by atoms with E-state index in [0.717, 1.165) is 55.1 Å². The average Bonchev–Trinajstić information content (AvgIpc) is 3.28. The maximum Gasteiger partial charge on any atom is 0.230 e. The molecule has 2 saturated heterocycles. The zero-order valence-corrected chi connectivity index (χ0v) is 25.9. The molecule has 226 valence electrons. The highest BCUT2D eigenvalue weighted by Gasteiger charge is 2.47. The second-order valence-corrected chi connectivity index (χ2v) is 14.9. The summed E-state index contributed by atoms with van der Waals surface area (Å²) < 4.78 is 6.01. The first-order chi connectivity index (χ1) is 19.4. The molecule has 40 heavy (non-hydrogen) atoms. The Morgan fingerprint density at radius 1 is 0.875 bits per heavy atom. The van der Waals surface area contributed by atoms with Crippen LogP contribution in [-0.4, -0.2) is 58.6 Å². The number of carbonyl (C=O) groups is 1. The number of hydrogen-bond donors (Lipinski definition) is 1. The van der Waals surface area contributed by atoms with E-state index >= 15 is 0 Å². The number of piperidine rings is 1. The molecule has 6 fully saturated rings. The lowest BCUT2D eigenvalue weighted by Gasteiger charge is -2.56. The quantitative estimate of drug-likeness (QED) is 0.358. The van der Waals surface area contributed by atoms with E-state index in [1.54, 1.807) is 0 Å². The SMILES string of the molecule is [CH2-]N1C(/C=C2\NC(=O)C3C(OCC)CCCC23)CCC2CC(N(C3CCC(C)CC3)C3CCC(C)CC3)CCC21. The van der Waals surface area contributed by atoms with Crippen LogP contribution in [0.1, 0.15) is 124 Å². The van der Waals surface area contributed by atoms with Crippen LogP contribution in [0.4, 0.5) is 0 Å². The lowest BCUT2D eigenvalue weighted by Crippen LogP contribution is -2.57. The Hall–Kier alpha value is -0.910. The van der Waals surface area contributed by atoms with Crippen molar-refractivity contribution in [2.75, 3.05) is 6.61 Å². The summed E-state index contributed by atoms with van der Waals surface area (Å²) in [6.07, 6.45) is 23.6. The molecule has 0 spiro atoms. The van der Waals surface area contributed by atoms with E-state index in [1.165, 1.54) is 89.2 Å². The van der Waals surface area contributed by atoms with Gasteiger partial charge in [-0.05, 0) is 127 Å². The van der Waals surface area contributed by atoms with Crippen molar-refractivity contribution in [2.45, 2.75) is 160 Å². The average molecular weight is 553 g/mol. The third kappa shape index (κ3) is 5.95. The number of allylic oxidation sites excluding steroid dienone is 1. The monoisotopic (exact) mass is 552 g/mol. The summed E-state index contributed by atoms with van der Waals surface area (Å²) in [5, 5.41) is 3.31. The Morgan fingerprint density at radius 3 is 2.17 bits per heavy atom. The number of amides is 1. The van der Waals surface area contributed by atoms with Crippen molar-refractivity contribution in [2.24, 2.45) is 29.6 Å². The summed E-state index contributed by atoms with van der Waals surface area (Å²) in [4.78, 5) is 18.6. The molecule has 7 unspecified atom stereocenters. The van der Waals surface area contributed by atoms with Crippen LogP contribution in [0.25, 0.3) is 0 Å². The van der Waals surface area contributed by atoms with Crippen LogP contribution < -0.4 is 5.32 Å². The van der Waals surface area contributed by atoms with Gasteiger partial charge in [0, 0.05) is 42.4 Å². The summed E-state index contributed by atoms with van der Waals surface area (Å²) >= 11 is 0. The molecule has 0 radical (unpaired) electrons. The lowest BCUT2D eigenvalue weighted by atomic mass is 9.72. The minimum absolute atomic E-state index is 0.00141. The highest BCUT2D eigenvalue weighted by molar-refractivity contribution is 5.85. The number of rotatable bonds is 6. The van der Waals surface area contributed by atoms with Gasteiger partial charge in [-0.1, -0.05) is 26.3 Å². The van der Waals surface area contributed by atoms with Crippen molar-refractivity contribution < 1.29 is 9.53 Å². The summed E-state index contributed by atoms with van der Waals surface area (Å²) in [7, 11) is 4.68. The molecule has 6 rings (SSSR count). The van der Waals surface area contributed by atoms with Crippen LogP contribution in [-0.2, 0) is 9.53 Å². The zero-order valence-electron chi connectivity index (χ0n) is 25.9. The van der Waals surface area contributed by atoms with E-state index < -0.39 is 0 Å². The fourth-order valence-corrected chi connectivity index (χ4v) is 10.1. The number of ether oxygens (including phenoxy) is 1. The van der Waals surface area contributed by atoms with Crippen LogP contribution >= 0.6 is 0 Å². The fraction of sp³-hybridized carbons (Fsp3) is 0.886. The van der Waals surface area contributed by atoms with E-state index in [2.05, 4.69) is 42.1 Å². The molecule has 2 aliphatic heterocycles. The van der Waals surface area contributed by atoms with Crippen LogP contribution in [0.15, 0.2) is 11.8 Å². The van der Waals surface area contributed by atoms with Crippen LogP contribution in [0.5, 0.6) is 0 Å². The first-order valence-electron chi connectivity index (χ1n) is 17.4. The van der Waals surface area contributed by atoms with Gasteiger partial charge in [0.25, 0.3) is 0 Å². The summed E-state index contributed by atoms with van der Waals surface area (Å²) in [5.41, 5.74) is 1.18. The first kappa shape index (κ1) is 29.2. The summed E-state index contributed by atoms with van der Waals surface area (Å²) in [6, 6.07) is 3.34. The zero-order chi connectivity index (χ0) is 27.8. The molecule has 2 heterocycles. The molecule has 0 bridgehead atoms. The molecule has 0 aromatic carbocycles. The largest absolute Gasteiger partial charge is 0.451 e. The molecule has 1 amide bonds. The van der Waals surface area contributed by atoms with Gasteiger partial charge < -0.3 is 15.0 Å². The molecular weight excluding hydrogens is 494 g/mol. The Labute approximate surface area is 245 Å². The minimum atomic E-state index is 0.00141. The van der Waals surface area contributed by atoms with Gasteiger partial charge >= 0.3 is 0 Å². The molecule has 6 aliphatic rings. The third-order valence-corrected chi connectivity index (χ3v) is 12.4. The Kier molecular flexibility index (Phi) is 9.30. The van der Waals surface area contributed by atoms with E-state index in [-0.39, 0.29) is 17.9 Å². The number of carbonyl (C=O) groups excluding carboxylic acids is 1. The normalized spacial score (nSPS) is 45.8. The maximum atomic E-state index is 13.0. The Bertz CT molecular complexity index is 865. The van der Waals surface area contributed by atoms with Gasteiger partial charge in [-0.3, -0.25) is 16.7 Å². The molecular formula is C35H58N3O2-. The second-order valence-electron chi connectivity index (χ2n) is 14.9. The Morgan fingerprint density at radius 2 is 1.52 bits per heavy atom. The molecule has 1 N–H and O–H groups in total. The molecule has 0 aromatic heterocycles. The molecule has 5 heteroatoms. The first-order valence-corrected chi connectivity index (χ1v) is 17.4. The maximum absolute atomic E-state index is 13.0. The van der Waals surface area contributed by atoms with Gasteiger partial charge in [0.2, 0.25) is 5.91 Å². The second kappa shape index (κ2) is 12.8. The molecule has 4 aliphatic carbocycles. The van der Waals surface area contributed by atoms with Crippen molar-refractivity contribution in [3.63, 3.8) is 0 Å². The molecule has 5 nitrogen and oxygen atoms in total. The Balaban J connectivity index is 1.12. The number of nitrogens with one attached hydrogen (secondary N) is 1. The highest BCUT2D eigenvalue weighted by Crippen LogP contribution is 2.45. The van der Waals surface area contributed by atoms with Crippen LogP contribution in [0.3, 0.4) is 0 Å². The van der Waals surface area contributed by atoms with E-state index in [9.17, 15) is 4.79 Å². The predicted octanol–water partition coefficient (Wildman–Crippen LogP) is 7.07. The summed E-state index contributed by atoms with van der Waals surface area (Å²) in [5.74, 6) is 3.10. The minimum Gasteiger partial charge on any atom is -0.451 e. The smallest absolute Gasteiger partial charge is 0.230 e. The standard InChI is InChI=1S/C35H58N3O2/c1-5-40-33-8-6-7-30-31(36-35(39)34(30)33)22-28-18-13-25-21-29(19-20-32(25)37(28)4)38(26-14-9-23(2)10-15-26)27-16-11-24(3)12-17-27/h22-30,32-34H,4-21H2,1-3H3,(H,36,39)/q-1/b31-22-. The van der Waals surface area contributed by atoms with Crippen molar-refractivity contribution >= 4 is 5.91 Å². The van der Waals surface area contributed by atoms with Crippen molar-refractivity contribution in [3.8, 4) is 0 Å². The summed E-state index contributed by atoms with van der Waals surface area (Å²) in [6.45, 7) is 7.67. The van der Waals surface area contributed by atoms with Crippen molar-refractivity contribution in [1.82, 2.24) is 15.1 Å². The van der Waals surface area contributed by atoms with E-state index in [4.69, 9.17) is 4.74 Å². The number of likely N-dealkylation sites (tertiary alicyclic amines) is 1. The van der Waals surface area contributed by atoms with Gasteiger partial charge in [-0.2, -0.15) is 0 Å². The lowest BCUT2D eigenvalue weighted by molar-refractivity contribution is -0.129. The number of hydrogen-bond acceptors (Lipinski definition) is 4. The van der Waals surface area contributed by atoms with Gasteiger partial charge in [0.1, 0.15) is 0 Å². The van der Waals surface area contributed by atoms with Gasteiger partial charge in [-0.15, -0.1) is 0 Å². The third-order valence-electron chi connectivity index (χ3n) is 12.4. The predicted molar refractivity (Wildman–Crippen MR) is 162 cm³/mol. The molecule has 7 atom stereocenters. The highest BCUT2D eigenvalue weighted by atomic mass is 16.5. The van der Waals surface area contributed by atoms with Gasteiger partial charge in [0.15, 0.2) is 0 Å². The van der Waals surface area contributed by atoms with E-state index in [1.807, 2.05) is 6.92 Å². The van der Waals surface area contributed by atoms with E-state index in [0.29, 0.717) is 24.6 Å². The van der Waals surface area contributed by atoms with Crippen LogP contribution in [0.2, 0.25) is 0 Å². The fourth-order valence-electron chi connectivity index (χ4n) is 10.1. The van der Waals surface area contributed by atoms with Crippen molar-refractivity contribution in [1.29, 1.82) is 0 Å².